The number of hydrogen-bond donors (Lipinski definition) is 3. The normalized spacial score (nSPS) is 11.1. The second-order valence-electron chi connectivity index (χ2n) is 7.51. The first-order valence-corrected chi connectivity index (χ1v) is 10.6. The number of para-hydroxylation sites is 1. The third-order valence-electron chi connectivity index (χ3n) is 4.70. The molecule has 4 rings (SSSR count). The Kier molecular flexibility index (Phi) is 7.02. The van der Waals surface area contributed by atoms with Crippen LogP contribution >= 0.6 is 0 Å². The lowest BCUT2D eigenvalue weighted by Gasteiger charge is -2.09. The second-order valence-corrected chi connectivity index (χ2v) is 7.51. The number of hydrazone groups is 2. The van der Waals surface area contributed by atoms with E-state index in [0.717, 1.165) is 16.8 Å². The maximum absolute atomic E-state index is 4.51. The topological polar surface area (TPSA) is 86.6 Å². The van der Waals surface area contributed by atoms with Crippen LogP contribution in [0.15, 0.2) is 95.1 Å². The van der Waals surface area contributed by atoms with Gasteiger partial charge in [-0.2, -0.15) is 20.2 Å². The summed E-state index contributed by atoms with van der Waals surface area (Å²) in [6.45, 7) is 4.10. The SMILES string of the molecule is Cc1ccc(C=NNc2cc(Nc3ccccc3)nc(NN=Cc3ccc(C)cc3)n2)cc1. The van der Waals surface area contributed by atoms with Crippen molar-refractivity contribution in [3.63, 3.8) is 0 Å². The minimum atomic E-state index is 0.340. The van der Waals surface area contributed by atoms with Crippen LogP contribution in [0.3, 0.4) is 0 Å². The monoisotopic (exact) mass is 435 g/mol. The molecule has 0 amide bonds. The summed E-state index contributed by atoms with van der Waals surface area (Å²) in [5.74, 6) is 1.48. The third kappa shape index (κ3) is 6.73. The van der Waals surface area contributed by atoms with E-state index in [1.165, 1.54) is 11.1 Å². The number of aryl methyl sites for hydroxylation is 2. The summed E-state index contributed by atoms with van der Waals surface area (Å²) in [6, 6.07) is 27.8. The van der Waals surface area contributed by atoms with E-state index in [-0.39, 0.29) is 0 Å². The lowest BCUT2D eigenvalue weighted by atomic mass is 10.2. The first kappa shape index (κ1) is 21.7. The van der Waals surface area contributed by atoms with Crippen LogP contribution in [0.5, 0.6) is 0 Å². The highest BCUT2D eigenvalue weighted by Gasteiger charge is 2.05. The molecule has 1 aromatic heterocycles. The zero-order valence-corrected chi connectivity index (χ0v) is 18.5. The number of nitrogens with zero attached hydrogens (tertiary/aromatic N) is 4. The van der Waals surface area contributed by atoms with E-state index in [9.17, 15) is 0 Å². The van der Waals surface area contributed by atoms with Crippen LogP contribution in [0.2, 0.25) is 0 Å². The summed E-state index contributed by atoms with van der Waals surface area (Å²) in [7, 11) is 0. The fourth-order valence-corrected chi connectivity index (χ4v) is 2.93. The molecule has 4 aromatic rings. The van der Waals surface area contributed by atoms with Crippen LogP contribution < -0.4 is 16.2 Å². The van der Waals surface area contributed by atoms with Crippen molar-refractivity contribution in [2.45, 2.75) is 13.8 Å². The number of benzene rings is 3. The standard InChI is InChI=1S/C26H25N7/c1-19-8-12-21(13-9-19)17-27-32-25-16-24(29-23-6-4-3-5-7-23)30-26(31-25)33-28-18-22-14-10-20(2)11-15-22/h3-18H,1-2H3,(H3,29,30,31,32,33). The summed E-state index contributed by atoms with van der Waals surface area (Å²) < 4.78 is 0. The van der Waals surface area contributed by atoms with Crippen molar-refractivity contribution >= 4 is 35.7 Å². The molecule has 3 aromatic carbocycles. The van der Waals surface area contributed by atoms with Crippen LogP contribution in [-0.2, 0) is 0 Å². The van der Waals surface area contributed by atoms with Gasteiger partial charge in [-0.3, -0.25) is 5.43 Å². The van der Waals surface area contributed by atoms with Crippen molar-refractivity contribution in [2.75, 3.05) is 16.2 Å². The average molecular weight is 436 g/mol. The van der Waals surface area contributed by atoms with Crippen molar-refractivity contribution in [3.8, 4) is 0 Å². The number of rotatable bonds is 8. The molecule has 0 atom stereocenters. The molecular weight excluding hydrogens is 410 g/mol. The van der Waals surface area contributed by atoms with Crippen LogP contribution in [0.25, 0.3) is 0 Å². The molecule has 0 saturated heterocycles. The molecule has 33 heavy (non-hydrogen) atoms. The second kappa shape index (κ2) is 10.7. The molecule has 0 spiro atoms. The van der Waals surface area contributed by atoms with E-state index >= 15 is 0 Å². The highest BCUT2D eigenvalue weighted by Crippen LogP contribution is 2.19. The molecule has 164 valence electrons. The number of nitrogens with one attached hydrogen (secondary N) is 3. The minimum absolute atomic E-state index is 0.340. The van der Waals surface area contributed by atoms with Crippen molar-refractivity contribution in [1.82, 2.24) is 9.97 Å². The summed E-state index contributed by atoms with van der Waals surface area (Å²) >= 11 is 0. The maximum atomic E-state index is 4.51. The van der Waals surface area contributed by atoms with Crippen molar-refractivity contribution < 1.29 is 0 Å². The quantitative estimate of drug-likeness (QED) is 0.243. The number of aromatic nitrogens is 2. The van der Waals surface area contributed by atoms with Gasteiger partial charge in [0.25, 0.3) is 0 Å². The molecule has 0 aliphatic rings. The number of anilines is 4. The molecule has 7 heteroatoms. The Labute approximate surface area is 193 Å². The van der Waals surface area contributed by atoms with Crippen molar-refractivity contribution in [3.05, 3.63) is 107 Å². The van der Waals surface area contributed by atoms with Crippen LogP contribution in [0, 0.1) is 13.8 Å². The van der Waals surface area contributed by atoms with E-state index < -0.39 is 0 Å². The highest BCUT2D eigenvalue weighted by molar-refractivity contribution is 5.81. The van der Waals surface area contributed by atoms with E-state index in [2.05, 4.69) is 43.3 Å². The van der Waals surface area contributed by atoms with Crippen molar-refractivity contribution in [2.24, 2.45) is 10.2 Å². The van der Waals surface area contributed by atoms with Crippen LogP contribution in [0.4, 0.5) is 23.3 Å². The molecule has 0 radical (unpaired) electrons. The minimum Gasteiger partial charge on any atom is -0.340 e. The van der Waals surface area contributed by atoms with Gasteiger partial charge in [-0.05, 0) is 37.1 Å². The molecule has 7 nitrogen and oxygen atoms in total. The molecule has 0 unspecified atom stereocenters. The van der Waals surface area contributed by atoms with Gasteiger partial charge in [0.15, 0.2) is 5.82 Å². The Morgan fingerprint density at radius 1 is 0.636 bits per heavy atom. The summed E-state index contributed by atoms with van der Waals surface area (Å²) in [4.78, 5) is 8.98. The Morgan fingerprint density at radius 3 is 1.79 bits per heavy atom. The Balaban J connectivity index is 1.51. The lowest BCUT2D eigenvalue weighted by molar-refractivity contribution is 1.10. The van der Waals surface area contributed by atoms with E-state index in [4.69, 9.17) is 0 Å². The fourth-order valence-electron chi connectivity index (χ4n) is 2.93. The smallest absolute Gasteiger partial charge is 0.247 e. The lowest BCUT2D eigenvalue weighted by Crippen LogP contribution is -2.04. The van der Waals surface area contributed by atoms with Gasteiger partial charge in [0.2, 0.25) is 5.95 Å². The molecule has 3 N–H and O–H groups in total. The zero-order chi connectivity index (χ0) is 22.9. The molecule has 0 fully saturated rings. The first-order valence-electron chi connectivity index (χ1n) is 10.6. The largest absolute Gasteiger partial charge is 0.340 e. The Morgan fingerprint density at radius 2 is 1.18 bits per heavy atom. The van der Waals surface area contributed by atoms with Gasteiger partial charge in [-0.25, -0.2) is 5.43 Å². The van der Waals surface area contributed by atoms with E-state index in [0.29, 0.717) is 17.6 Å². The third-order valence-corrected chi connectivity index (χ3v) is 4.70. The Hall–Kier alpha value is -4.52. The highest BCUT2D eigenvalue weighted by atomic mass is 15.4. The van der Waals surface area contributed by atoms with Crippen molar-refractivity contribution in [1.29, 1.82) is 0 Å². The van der Waals surface area contributed by atoms with Gasteiger partial charge in [-0.1, -0.05) is 77.9 Å². The van der Waals surface area contributed by atoms with Crippen LogP contribution in [0.1, 0.15) is 22.3 Å². The Bertz CT molecular complexity index is 1160. The van der Waals surface area contributed by atoms with Gasteiger partial charge >= 0.3 is 0 Å². The predicted octanol–water partition coefficient (Wildman–Crippen LogP) is 5.73. The van der Waals surface area contributed by atoms with Crippen LogP contribution in [-0.4, -0.2) is 22.4 Å². The summed E-state index contributed by atoms with van der Waals surface area (Å²) in [6.07, 6.45) is 3.47. The molecule has 0 saturated carbocycles. The molecular formula is C26H25N7. The molecule has 0 aliphatic heterocycles. The van der Waals surface area contributed by atoms with Gasteiger partial charge in [-0.15, -0.1) is 0 Å². The fraction of sp³-hybridized carbons (Fsp3) is 0.0769. The molecule has 1 heterocycles. The molecule has 0 bridgehead atoms. The first-order chi connectivity index (χ1) is 16.1. The zero-order valence-electron chi connectivity index (χ0n) is 18.5. The van der Waals surface area contributed by atoms with Gasteiger partial charge in [0, 0.05) is 11.8 Å². The van der Waals surface area contributed by atoms with E-state index in [1.54, 1.807) is 18.5 Å². The molecule has 0 aliphatic carbocycles. The average Bonchev–Trinajstić information content (AvgIpc) is 2.82. The van der Waals surface area contributed by atoms with Gasteiger partial charge < -0.3 is 5.32 Å². The van der Waals surface area contributed by atoms with Gasteiger partial charge in [0.1, 0.15) is 5.82 Å². The summed E-state index contributed by atoms with van der Waals surface area (Å²) in [5.41, 5.74) is 11.2. The van der Waals surface area contributed by atoms with E-state index in [1.807, 2.05) is 85.8 Å². The number of hydrogen-bond acceptors (Lipinski definition) is 7. The van der Waals surface area contributed by atoms with Gasteiger partial charge in [0.05, 0.1) is 12.4 Å². The predicted molar refractivity (Wildman–Crippen MR) is 137 cm³/mol. The summed E-state index contributed by atoms with van der Waals surface area (Å²) in [5, 5.41) is 11.9. The maximum Gasteiger partial charge on any atom is 0.247 e.